The van der Waals surface area contributed by atoms with Gasteiger partial charge in [-0.2, -0.15) is 18.3 Å². The standard InChI is InChI=1S/C24H17F5N4O2S/c1-32(2)36(34,35)19-11-4-15(5-12-19)3-6-17-14-30-33-21(22(25)26)13-20(31-23(17)33)16-7-9-18(10-8-16)24(27,28)29/h4-5,7-14,22H,1-2H3. The summed E-state index contributed by atoms with van der Waals surface area (Å²) in [5, 5.41) is 3.94. The van der Waals surface area contributed by atoms with E-state index in [1.807, 2.05) is 0 Å². The lowest BCUT2D eigenvalue weighted by Crippen LogP contribution is -2.22. The summed E-state index contributed by atoms with van der Waals surface area (Å²) in [5.74, 6) is 5.60. The van der Waals surface area contributed by atoms with Gasteiger partial charge in [0.05, 0.1) is 27.9 Å². The second-order valence-electron chi connectivity index (χ2n) is 7.80. The number of halogens is 5. The normalized spacial score (nSPS) is 12.2. The molecule has 0 spiro atoms. The predicted octanol–water partition coefficient (Wildman–Crippen LogP) is 5.00. The van der Waals surface area contributed by atoms with Crippen LogP contribution in [0.25, 0.3) is 16.9 Å². The first kappa shape index (κ1) is 25.3. The maximum Gasteiger partial charge on any atom is 0.416 e. The van der Waals surface area contributed by atoms with Gasteiger partial charge in [-0.15, -0.1) is 0 Å². The number of aromatic nitrogens is 3. The van der Waals surface area contributed by atoms with Crippen LogP contribution in [-0.4, -0.2) is 41.4 Å². The fraction of sp³-hybridized carbons (Fsp3) is 0.167. The van der Waals surface area contributed by atoms with Crippen LogP contribution in [0.15, 0.2) is 65.7 Å². The molecule has 0 amide bonds. The van der Waals surface area contributed by atoms with E-state index in [0.29, 0.717) is 5.56 Å². The fourth-order valence-electron chi connectivity index (χ4n) is 3.27. The van der Waals surface area contributed by atoms with E-state index < -0.39 is 33.9 Å². The van der Waals surface area contributed by atoms with Crippen LogP contribution >= 0.6 is 0 Å². The largest absolute Gasteiger partial charge is 0.416 e. The minimum Gasteiger partial charge on any atom is -0.227 e. The molecule has 2 aromatic heterocycles. The lowest BCUT2D eigenvalue weighted by Gasteiger charge is -2.10. The quantitative estimate of drug-likeness (QED) is 0.281. The molecule has 6 nitrogen and oxygen atoms in total. The summed E-state index contributed by atoms with van der Waals surface area (Å²) in [4.78, 5) is 4.40. The molecule has 0 aliphatic carbocycles. The van der Waals surface area contributed by atoms with Crippen molar-refractivity contribution in [1.82, 2.24) is 18.9 Å². The zero-order valence-corrected chi connectivity index (χ0v) is 19.6. The Morgan fingerprint density at radius 3 is 2.17 bits per heavy atom. The summed E-state index contributed by atoms with van der Waals surface area (Å²) in [6, 6.07) is 10.9. The number of sulfonamides is 1. The second kappa shape index (κ2) is 9.33. The van der Waals surface area contributed by atoms with Crippen molar-refractivity contribution in [3.05, 3.63) is 83.2 Å². The molecular formula is C24H17F5N4O2S. The van der Waals surface area contributed by atoms with E-state index in [1.54, 1.807) is 0 Å². The van der Waals surface area contributed by atoms with Crippen molar-refractivity contribution in [2.75, 3.05) is 14.1 Å². The summed E-state index contributed by atoms with van der Waals surface area (Å²) in [5.41, 5.74) is -0.459. The van der Waals surface area contributed by atoms with Gasteiger partial charge in [0.15, 0.2) is 5.65 Å². The van der Waals surface area contributed by atoms with Gasteiger partial charge in [0.25, 0.3) is 6.43 Å². The number of alkyl halides is 5. The summed E-state index contributed by atoms with van der Waals surface area (Å²) in [6.07, 6.45) is -6.22. The molecule has 36 heavy (non-hydrogen) atoms. The van der Waals surface area contributed by atoms with E-state index in [0.717, 1.165) is 39.2 Å². The highest BCUT2D eigenvalue weighted by molar-refractivity contribution is 7.89. The Labute approximate surface area is 203 Å². The van der Waals surface area contributed by atoms with E-state index >= 15 is 0 Å². The Bertz CT molecular complexity index is 1580. The smallest absolute Gasteiger partial charge is 0.227 e. The minimum absolute atomic E-state index is 0.00186. The molecule has 2 heterocycles. The van der Waals surface area contributed by atoms with E-state index in [4.69, 9.17) is 0 Å². The van der Waals surface area contributed by atoms with E-state index in [9.17, 15) is 30.4 Å². The first-order chi connectivity index (χ1) is 16.9. The van der Waals surface area contributed by atoms with Crippen molar-refractivity contribution in [2.45, 2.75) is 17.5 Å². The molecular weight excluding hydrogens is 503 g/mol. The van der Waals surface area contributed by atoms with Gasteiger partial charge in [0.2, 0.25) is 10.0 Å². The zero-order valence-electron chi connectivity index (χ0n) is 18.8. The molecule has 0 fully saturated rings. The SMILES string of the molecule is CN(C)S(=O)(=O)c1ccc(C#Cc2cnn3c(C(F)F)cc(-c4ccc(C(F)(F)F)cc4)nc23)cc1. The molecule has 0 radical (unpaired) electrons. The highest BCUT2D eigenvalue weighted by Gasteiger charge is 2.30. The molecule has 0 atom stereocenters. The predicted molar refractivity (Wildman–Crippen MR) is 122 cm³/mol. The lowest BCUT2D eigenvalue weighted by atomic mass is 10.1. The van der Waals surface area contributed by atoms with Crippen LogP contribution in [-0.2, 0) is 16.2 Å². The maximum absolute atomic E-state index is 13.7. The molecule has 0 bridgehead atoms. The van der Waals surface area contributed by atoms with Gasteiger partial charge >= 0.3 is 6.18 Å². The van der Waals surface area contributed by atoms with Crippen molar-refractivity contribution >= 4 is 15.7 Å². The highest BCUT2D eigenvalue weighted by atomic mass is 32.2. The third kappa shape index (κ3) is 4.93. The van der Waals surface area contributed by atoms with Crippen LogP contribution in [0.3, 0.4) is 0 Å². The second-order valence-corrected chi connectivity index (χ2v) is 9.95. The van der Waals surface area contributed by atoms with Gasteiger partial charge in [-0.25, -0.2) is 31.0 Å². The third-order valence-electron chi connectivity index (χ3n) is 5.21. The number of benzene rings is 2. The van der Waals surface area contributed by atoms with Gasteiger partial charge in [-0.1, -0.05) is 24.0 Å². The molecule has 0 saturated heterocycles. The average Bonchev–Trinajstić information content (AvgIpc) is 3.24. The van der Waals surface area contributed by atoms with E-state index in [1.165, 1.54) is 44.6 Å². The molecule has 0 aliphatic heterocycles. The van der Waals surface area contributed by atoms with Gasteiger partial charge < -0.3 is 0 Å². The summed E-state index contributed by atoms with van der Waals surface area (Å²) in [7, 11) is -0.786. The van der Waals surface area contributed by atoms with Crippen molar-refractivity contribution < 1.29 is 30.4 Å². The molecule has 4 aromatic rings. The Morgan fingerprint density at radius 1 is 0.972 bits per heavy atom. The number of hydrogen-bond acceptors (Lipinski definition) is 4. The number of rotatable bonds is 4. The number of fused-ring (bicyclic) bond motifs is 1. The first-order valence-corrected chi connectivity index (χ1v) is 11.7. The molecule has 12 heteroatoms. The van der Waals surface area contributed by atoms with Gasteiger partial charge in [0, 0.05) is 25.2 Å². The highest BCUT2D eigenvalue weighted by Crippen LogP contribution is 2.32. The fourth-order valence-corrected chi connectivity index (χ4v) is 4.17. The molecule has 186 valence electrons. The van der Waals surface area contributed by atoms with Gasteiger partial charge in [-0.3, -0.25) is 0 Å². The molecule has 0 saturated carbocycles. The topological polar surface area (TPSA) is 67.6 Å². The van der Waals surface area contributed by atoms with Crippen LogP contribution in [0.2, 0.25) is 0 Å². The van der Waals surface area contributed by atoms with Crippen molar-refractivity contribution in [2.24, 2.45) is 0 Å². The summed E-state index contributed by atoms with van der Waals surface area (Å²) in [6.45, 7) is 0. The van der Waals surface area contributed by atoms with Crippen molar-refractivity contribution in [1.29, 1.82) is 0 Å². The summed E-state index contributed by atoms with van der Waals surface area (Å²) < 4.78 is 92.5. The number of hydrogen-bond donors (Lipinski definition) is 0. The van der Waals surface area contributed by atoms with Gasteiger partial charge in [-0.05, 0) is 42.5 Å². The van der Waals surface area contributed by atoms with Crippen molar-refractivity contribution in [3.63, 3.8) is 0 Å². The maximum atomic E-state index is 13.7. The van der Waals surface area contributed by atoms with Crippen LogP contribution in [0.1, 0.15) is 28.8 Å². The van der Waals surface area contributed by atoms with E-state index in [-0.39, 0.29) is 27.4 Å². The Morgan fingerprint density at radius 2 is 1.61 bits per heavy atom. The molecule has 2 aromatic carbocycles. The third-order valence-corrected chi connectivity index (χ3v) is 7.03. The van der Waals surface area contributed by atoms with Crippen LogP contribution in [0, 0.1) is 11.8 Å². The first-order valence-electron chi connectivity index (χ1n) is 10.3. The Hall–Kier alpha value is -3.82. The van der Waals surface area contributed by atoms with Crippen LogP contribution in [0.5, 0.6) is 0 Å². The van der Waals surface area contributed by atoms with E-state index in [2.05, 4.69) is 21.9 Å². The average molecular weight is 520 g/mol. The molecule has 0 aliphatic rings. The Balaban J connectivity index is 1.74. The Kier molecular flexibility index (Phi) is 6.55. The van der Waals surface area contributed by atoms with Crippen molar-refractivity contribution in [3.8, 4) is 23.1 Å². The zero-order chi connectivity index (χ0) is 26.3. The van der Waals surface area contributed by atoms with Gasteiger partial charge in [0.1, 0.15) is 5.69 Å². The lowest BCUT2D eigenvalue weighted by molar-refractivity contribution is -0.137. The molecule has 0 unspecified atom stereocenters. The molecule has 0 N–H and O–H groups in total. The molecule has 4 rings (SSSR count). The monoisotopic (exact) mass is 520 g/mol. The number of nitrogens with zero attached hydrogens (tertiary/aromatic N) is 4. The minimum atomic E-state index is -4.53. The summed E-state index contributed by atoms with van der Waals surface area (Å²) >= 11 is 0. The van der Waals surface area contributed by atoms with Crippen LogP contribution in [0.4, 0.5) is 22.0 Å². The van der Waals surface area contributed by atoms with Crippen LogP contribution < -0.4 is 0 Å².